The monoisotopic (exact) mass is 597 g/mol. The third kappa shape index (κ3) is 8.76. The van der Waals surface area contributed by atoms with Gasteiger partial charge in [-0.15, -0.1) is 18.2 Å². The van der Waals surface area contributed by atoms with Crippen LogP contribution in [0.3, 0.4) is 0 Å². The van der Waals surface area contributed by atoms with Gasteiger partial charge in [0, 0.05) is 18.8 Å². The molecule has 1 heterocycles. The van der Waals surface area contributed by atoms with Crippen LogP contribution in [0, 0.1) is 6.08 Å². The van der Waals surface area contributed by atoms with E-state index in [2.05, 4.69) is 38.0 Å². The van der Waals surface area contributed by atoms with Crippen molar-refractivity contribution in [3.8, 4) is 0 Å². The van der Waals surface area contributed by atoms with Crippen molar-refractivity contribution in [2.24, 2.45) is 4.99 Å². The number of aryl methyl sites for hydroxylation is 1. The first-order valence-electron chi connectivity index (χ1n) is 9.48. The molecule has 0 aliphatic rings. The minimum Gasteiger partial charge on any atom is -0.460 e. The number of nitrogens with one attached hydrogen (secondary N) is 2. The topological polar surface area (TPSA) is 96.3 Å². The molecule has 0 fully saturated rings. The van der Waals surface area contributed by atoms with Crippen LogP contribution in [0.2, 0.25) is 0 Å². The summed E-state index contributed by atoms with van der Waals surface area (Å²) in [5.74, 6) is 0.756. The quantitative estimate of drug-likeness (QED) is 0.189. The number of aliphatic imine (C=N–C) groups is 1. The second kappa shape index (κ2) is 12.6. The standard InChI is InChI=1S/C21H27N5O2S.W/c1-5-29(27,28)12-10-17-7-6-8-18(13-17)20(25-15-24-16(2)3)14-19-9-11-23-21(22-4)26-19;/h6-9,11,13,16H,5,10,12H2,1-4H3,(H,24,25)(H,22,23,26);/q-2;+2. The summed E-state index contributed by atoms with van der Waals surface area (Å²) in [5.41, 5.74) is 2.84. The molecule has 1 aromatic carbocycles. The molecule has 0 atom stereocenters. The van der Waals surface area contributed by atoms with E-state index in [-0.39, 0.29) is 38.6 Å². The maximum Gasteiger partial charge on any atom is 2.00 e. The van der Waals surface area contributed by atoms with Crippen molar-refractivity contribution in [1.82, 2.24) is 15.3 Å². The second-order valence-corrected chi connectivity index (χ2v) is 9.17. The molecular weight excluding hydrogens is 570 g/mol. The molecule has 0 spiro atoms. The zero-order chi connectivity index (χ0) is 21.3. The van der Waals surface area contributed by atoms with Crippen molar-refractivity contribution < 1.29 is 29.5 Å². The fourth-order valence-electron chi connectivity index (χ4n) is 2.34. The van der Waals surface area contributed by atoms with Crippen LogP contribution in [0.15, 0.2) is 41.5 Å². The molecule has 160 valence electrons. The van der Waals surface area contributed by atoms with Gasteiger partial charge in [-0.05, 0) is 26.5 Å². The third-order valence-electron chi connectivity index (χ3n) is 3.99. The SMILES string of the molecule is CCS(=O)(=O)CCc1cccc(C(=[C-]c2ccnc(NC)n2)N=[C-]NC(C)C)c1.[W+2]. The summed E-state index contributed by atoms with van der Waals surface area (Å²) >= 11 is 0. The number of nitrogens with zero attached hydrogens (tertiary/aromatic N) is 3. The van der Waals surface area contributed by atoms with E-state index in [9.17, 15) is 8.42 Å². The fraction of sp³-hybridized carbons (Fsp3) is 0.381. The van der Waals surface area contributed by atoms with Crippen LogP contribution in [0.1, 0.15) is 37.6 Å². The predicted molar refractivity (Wildman–Crippen MR) is 118 cm³/mol. The molecule has 0 amide bonds. The van der Waals surface area contributed by atoms with Gasteiger partial charge < -0.3 is 15.6 Å². The number of anilines is 1. The number of hydrogen-bond acceptors (Lipinski definition) is 6. The number of benzene rings is 1. The molecule has 0 radical (unpaired) electrons. The van der Waals surface area contributed by atoms with Crippen LogP contribution in [-0.2, 0) is 37.3 Å². The molecule has 1 aromatic heterocycles. The Labute approximate surface area is 193 Å². The molecule has 0 aliphatic heterocycles. The van der Waals surface area contributed by atoms with Crippen molar-refractivity contribution in [3.05, 3.63) is 59.4 Å². The number of aromatic nitrogens is 2. The summed E-state index contributed by atoms with van der Waals surface area (Å²) in [7, 11) is -1.28. The molecule has 2 N–H and O–H groups in total. The predicted octanol–water partition coefficient (Wildman–Crippen LogP) is 2.59. The molecule has 7 nitrogen and oxygen atoms in total. The Hall–Kier alpha value is -2.05. The van der Waals surface area contributed by atoms with E-state index < -0.39 is 9.84 Å². The van der Waals surface area contributed by atoms with E-state index in [0.717, 1.165) is 11.1 Å². The Morgan fingerprint density at radius 3 is 2.70 bits per heavy atom. The van der Waals surface area contributed by atoms with E-state index >= 15 is 0 Å². The van der Waals surface area contributed by atoms with Gasteiger partial charge in [-0.25, -0.2) is 24.5 Å². The van der Waals surface area contributed by atoms with E-state index in [1.165, 1.54) is 0 Å². The molecule has 30 heavy (non-hydrogen) atoms. The summed E-state index contributed by atoms with van der Waals surface area (Å²) in [6.45, 7) is 5.65. The summed E-state index contributed by atoms with van der Waals surface area (Å²) in [6, 6.07) is 9.56. The summed E-state index contributed by atoms with van der Waals surface area (Å²) < 4.78 is 23.6. The summed E-state index contributed by atoms with van der Waals surface area (Å²) in [4.78, 5) is 12.9. The molecule has 2 rings (SSSR count). The zero-order valence-corrected chi connectivity index (χ0v) is 21.4. The van der Waals surface area contributed by atoms with Crippen LogP contribution in [0.25, 0.3) is 5.70 Å². The van der Waals surface area contributed by atoms with Gasteiger partial charge in [0.25, 0.3) is 0 Å². The maximum atomic E-state index is 11.8. The van der Waals surface area contributed by atoms with Crippen LogP contribution in [0.4, 0.5) is 5.95 Å². The molecular formula is C21H27N5O2SW. The van der Waals surface area contributed by atoms with Crippen molar-refractivity contribution in [2.45, 2.75) is 33.2 Å². The Morgan fingerprint density at radius 2 is 2.03 bits per heavy atom. The van der Waals surface area contributed by atoms with E-state index in [1.807, 2.05) is 38.1 Å². The molecule has 0 saturated heterocycles. The van der Waals surface area contributed by atoms with Crippen LogP contribution in [0.5, 0.6) is 0 Å². The largest absolute Gasteiger partial charge is 2.00 e. The van der Waals surface area contributed by atoms with E-state index in [1.54, 1.807) is 26.2 Å². The summed E-state index contributed by atoms with van der Waals surface area (Å²) in [5, 5.41) is 5.92. The van der Waals surface area contributed by atoms with E-state index in [4.69, 9.17) is 0 Å². The van der Waals surface area contributed by atoms with Gasteiger partial charge in [0.15, 0.2) is 0 Å². The summed E-state index contributed by atoms with van der Waals surface area (Å²) in [6.07, 6.45) is 8.12. The minimum absolute atomic E-state index is 0. The van der Waals surface area contributed by atoms with E-state index in [0.29, 0.717) is 23.8 Å². The second-order valence-electron chi connectivity index (χ2n) is 6.70. The first-order valence-corrected chi connectivity index (χ1v) is 11.3. The van der Waals surface area contributed by atoms with Crippen LogP contribution in [-0.4, -0.2) is 49.3 Å². The van der Waals surface area contributed by atoms with Crippen molar-refractivity contribution >= 4 is 27.8 Å². The van der Waals surface area contributed by atoms with Gasteiger partial charge in [0.1, 0.15) is 9.84 Å². The average molecular weight is 597 g/mol. The van der Waals surface area contributed by atoms with Gasteiger partial charge in [0.2, 0.25) is 5.95 Å². The van der Waals surface area contributed by atoms with Crippen LogP contribution < -0.4 is 10.6 Å². The molecule has 0 saturated carbocycles. The smallest absolute Gasteiger partial charge is 0.460 e. The first kappa shape index (κ1) is 26.0. The minimum atomic E-state index is -3.02. The van der Waals surface area contributed by atoms with Gasteiger partial charge >= 0.3 is 21.1 Å². The average Bonchev–Trinajstić information content (AvgIpc) is 2.72. The Morgan fingerprint density at radius 1 is 1.27 bits per heavy atom. The Bertz CT molecular complexity index is 975. The van der Waals surface area contributed by atoms with Crippen molar-refractivity contribution in [3.63, 3.8) is 0 Å². The molecule has 9 heteroatoms. The van der Waals surface area contributed by atoms with Gasteiger partial charge in [-0.2, -0.15) is 11.3 Å². The number of rotatable bonds is 10. The van der Waals surface area contributed by atoms with Crippen molar-refractivity contribution in [1.29, 1.82) is 0 Å². The normalized spacial score (nSPS) is 12.1. The molecule has 0 bridgehead atoms. The first-order chi connectivity index (χ1) is 13.8. The fourth-order valence-corrected chi connectivity index (χ4v) is 3.18. The molecule has 2 aromatic rings. The zero-order valence-electron chi connectivity index (χ0n) is 17.6. The maximum absolute atomic E-state index is 11.8. The van der Waals surface area contributed by atoms with Crippen molar-refractivity contribution in [2.75, 3.05) is 23.9 Å². The third-order valence-corrected chi connectivity index (χ3v) is 5.69. The number of hydrogen-bond donors (Lipinski definition) is 2. The molecule has 0 unspecified atom stereocenters. The van der Waals surface area contributed by atoms with Gasteiger partial charge in [-0.1, -0.05) is 36.7 Å². The Kier molecular flexibility index (Phi) is 10.9. The van der Waals surface area contributed by atoms with Crippen LogP contribution >= 0.6 is 0 Å². The molecule has 0 aliphatic carbocycles. The van der Waals surface area contributed by atoms with Gasteiger partial charge in [-0.3, -0.25) is 0 Å². The number of sulfone groups is 1. The van der Waals surface area contributed by atoms with Gasteiger partial charge in [0.05, 0.1) is 5.75 Å². The Balaban J connectivity index is 0.00000450.